The summed E-state index contributed by atoms with van der Waals surface area (Å²) < 4.78 is 0. The maximum Gasteiger partial charge on any atom is 0.0393 e. The molecule has 2 aromatic carbocycles. The van der Waals surface area contributed by atoms with E-state index < -0.39 is 0 Å². The highest BCUT2D eigenvalue weighted by molar-refractivity contribution is 6.38. The first-order chi connectivity index (χ1) is 5.38. The first-order valence-corrected chi connectivity index (χ1v) is 4.82. The van der Waals surface area contributed by atoms with E-state index in [0.717, 1.165) is 10.2 Å². The Hall–Kier alpha value is -1.29. The van der Waals surface area contributed by atoms with Gasteiger partial charge in [-0.05, 0) is 10.8 Å². The van der Waals surface area contributed by atoms with Crippen molar-refractivity contribution in [3.63, 3.8) is 0 Å². The Balaban J connectivity index is 0. The summed E-state index contributed by atoms with van der Waals surface area (Å²) in [6, 6.07) is 15.0. The predicted octanol–water partition coefficient (Wildman–Crippen LogP) is 1.29. The summed E-state index contributed by atoms with van der Waals surface area (Å²) >= 11 is 0. The first kappa shape index (κ1) is 15.2. The first-order valence-electron chi connectivity index (χ1n) is 3.82. The molecule has 0 saturated carbocycles. The third-order valence-corrected chi connectivity index (χ3v) is 2.88. The van der Waals surface area contributed by atoms with Gasteiger partial charge in [0.2, 0.25) is 0 Å². The molecule has 0 nitrogen and oxygen atoms in total. The fraction of sp³-hybridized carbons (Fsp3) is 0. The molecule has 0 bridgehead atoms. The average molecular weight is 218 g/mol. The fourth-order valence-corrected chi connectivity index (χ4v) is 2.04. The van der Waals surface area contributed by atoms with Gasteiger partial charge in [-0.15, -0.1) is 0 Å². The van der Waals surface area contributed by atoms with Gasteiger partial charge >= 0.3 is 0 Å². The molecule has 0 unspecified atom stereocenters. The van der Waals surface area contributed by atoms with Crippen LogP contribution in [0.3, 0.4) is 0 Å². The summed E-state index contributed by atoms with van der Waals surface area (Å²) in [5.74, 6) is 0. The lowest BCUT2D eigenvalue weighted by atomic mass is 10.1. The maximum absolute atomic E-state index is 2.20. The van der Waals surface area contributed by atoms with Gasteiger partial charge in [0, 0.05) is 10.2 Å². The van der Waals surface area contributed by atoms with E-state index in [1.165, 1.54) is 16.0 Å². The molecule has 0 N–H and O–H groups in total. The van der Waals surface area contributed by atoms with E-state index in [1.54, 1.807) is 0 Å². The average Bonchev–Trinajstić information content (AvgIpc) is 2.06. The normalized spacial score (nSPS) is 8.29. The lowest BCUT2D eigenvalue weighted by Gasteiger charge is -1.99. The number of fused-ring (bicyclic) bond motifs is 1. The van der Waals surface area contributed by atoms with Crippen LogP contribution in [-0.4, -0.2) is 10.2 Å². The van der Waals surface area contributed by atoms with E-state index in [9.17, 15) is 0 Å². The molecule has 0 aromatic heterocycles. The van der Waals surface area contributed by atoms with Gasteiger partial charge in [-0.1, -0.05) is 47.7 Å². The Kier molecular flexibility index (Phi) is 6.73. The summed E-state index contributed by atoms with van der Waals surface area (Å²) in [6.07, 6.45) is 0. The minimum Gasteiger partial charge on any atom is -0.269 e. The number of benzene rings is 2. The second-order valence-corrected chi connectivity index (χ2v) is 3.87. The summed E-state index contributed by atoms with van der Waals surface area (Å²) in [7, 11) is 1.14. The number of rotatable bonds is 0. The summed E-state index contributed by atoms with van der Waals surface area (Å²) in [5.41, 5.74) is 0. The highest BCUT2D eigenvalue weighted by atomic mass is 28.1. The molecule has 0 saturated heterocycles. The van der Waals surface area contributed by atoms with Gasteiger partial charge in [-0.3, -0.25) is 14.1 Å². The molecular weight excluding hydrogens is 205 g/mol. The Morgan fingerprint density at radius 2 is 1.29 bits per heavy atom. The van der Waals surface area contributed by atoms with Crippen LogP contribution in [0.5, 0.6) is 0 Å². The molecule has 2 aromatic rings. The number of hydrogen-bond acceptors (Lipinski definition) is 0. The standard InChI is InChI=1S/C10H10Si.3FH/c11-10-7-3-5-8-4-1-2-6-9(8)10;;;/h1-7H,11H3;3*1H. The summed E-state index contributed by atoms with van der Waals surface area (Å²) in [5, 5.41) is 4.27. The number of halogens is 3. The Morgan fingerprint density at radius 3 is 1.93 bits per heavy atom. The molecule has 14 heavy (non-hydrogen) atoms. The highest BCUT2D eigenvalue weighted by Gasteiger charge is 1.91. The Morgan fingerprint density at radius 1 is 0.714 bits per heavy atom. The molecule has 4 heteroatoms. The van der Waals surface area contributed by atoms with Crippen LogP contribution in [0.15, 0.2) is 42.5 Å². The van der Waals surface area contributed by atoms with Gasteiger partial charge in [0.05, 0.1) is 0 Å². The molecule has 0 aliphatic carbocycles. The largest absolute Gasteiger partial charge is 0.269 e. The molecular formula is C10H13F3Si. The van der Waals surface area contributed by atoms with Crippen molar-refractivity contribution in [2.24, 2.45) is 0 Å². The van der Waals surface area contributed by atoms with Crippen LogP contribution in [0.2, 0.25) is 0 Å². The molecule has 0 fully saturated rings. The van der Waals surface area contributed by atoms with Crippen molar-refractivity contribution in [3.05, 3.63) is 42.5 Å². The van der Waals surface area contributed by atoms with Crippen LogP contribution in [0.4, 0.5) is 14.1 Å². The molecule has 0 aliphatic heterocycles. The van der Waals surface area contributed by atoms with E-state index in [0.29, 0.717) is 0 Å². The molecule has 0 aliphatic rings. The van der Waals surface area contributed by atoms with Gasteiger partial charge in [0.1, 0.15) is 0 Å². The van der Waals surface area contributed by atoms with E-state index in [4.69, 9.17) is 0 Å². The van der Waals surface area contributed by atoms with E-state index in [-0.39, 0.29) is 14.1 Å². The smallest absolute Gasteiger partial charge is 0.0393 e. The van der Waals surface area contributed by atoms with E-state index in [2.05, 4.69) is 42.5 Å². The van der Waals surface area contributed by atoms with Crippen LogP contribution < -0.4 is 5.19 Å². The van der Waals surface area contributed by atoms with Gasteiger partial charge in [-0.25, -0.2) is 0 Å². The van der Waals surface area contributed by atoms with E-state index >= 15 is 0 Å². The second-order valence-electron chi connectivity index (χ2n) is 2.80. The Bertz CT molecular complexity index is 385. The minimum atomic E-state index is 0. The SMILES string of the molecule is F.F.F.[SiH3]c1cccc2ccccc12. The van der Waals surface area contributed by atoms with E-state index in [1.807, 2.05) is 0 Å². The predicted molar refractivity (Wildman–Crippen MR) is 61.0 cm³/mol. The van der Waals surface area contributed by atoms with Gasteiger partial charge < -0.3 is 0 Å². The minimum absolute atomic E-state index is 0. The Labute approximate surface area is 83.5 Å². The summed E-state index contributed by atoms with van der Waals surface area (Å²) in [6.45, 7) is 0. The van der Waals surface area contributed by atoms with Crippen molar-refractivity contribution < 1.29 is 14.1 Å². The van der Waals surface area contributed by atoms with Gasteiger partial charge in [-0.2, -0.15) is 0 Å². The molecule has 0 atom stereocenters. The van der Waals surface area contributed by atoms with Crippen LogP contribution >= 0.6 is 0 Å². The zero-order valence-corrected chi connectivity index (χ0v) is 9.77. The molecule has 0 spiro atoms. The van der Waals surface area contributed by atoms with Crippen LogP contribution in [-0.2, 0) is 0 Å². The summed E-state index contributed by atoms with van der Waals surface area (Å²) in [4.78, 5) is 0. The topological polar surface area (TPSA) is 0 Å². The lowest BCUT2D eigenvalue weighted by Crippen LogP contribution is -2.01. The third-order valence-electron chi connectivity index (χ3n) is 2.01. The van der Waals surface area contributed by atoms with Crippen LogP contribution in [0, 0.1) is 0 Å². The van der Waals surface area contributed by atoms with Crippen molar-refractivity contribution >= 4 is 26.2 Å². The monoisotopic (exact) mass is 218 g/mol. The number of hydrogen-bond donors (Lipinski definition) is 0. The van der Waals surface area contributed by atoms with Crippen molar-refractivity contribution in [1.82, 2.24) is 0 Å². The fourth-order valence-electron chi connectivity index (χ4n) is 1.39. The second kappa shape index (κ2) is 6.20. The lowest BCUT2D eigenvalue weighted by molar-refractivity contribution is 1.11. The molecule has 0 heterocycles. The molecule has 2 rings (SSSR count). The van der Waals surface area contributed by atoms with Gasteiger partial charge in [0.15, 0.2) is 0 Å². The van der Waals surface area contributed by atoms with Crippen LogP contribution in [0.1, 0.15) is 0 Å². The van der Waals surface area contributed by atoms with Crippen molar-refractivity contribution in [2.75, 3.05) is 0 Å². The van der Waals surface area contributed by atoms with Crippen LogP contribution in [0.25, 0.3) is 10.8 Å². The van der Waals surface area contributed by atoms with Crippen molar-refractivity contribution in [1.29, 1.82) is 0 Å². The molecule has 0 radical (unpaired) electrons. The quantitative estimate of drug-likeness (QED) is 0.585. The van der Waals surface area contributed by atoms with Gasteiger partial charge in [0.25, 0.3) is 0 Å². The molecule has 78 valence electrons. The van der Waals surface area contributed by atoms with Crippen molar-refractivity contribution in [3.8, 4) is 0 Å². The third kappa shape index (κ3) is 2.60. The zero-order valence-electron chi connectivity index (χ0n) is 7.77. The maximum atomic E-state index is 2.20. The zero-order chi connectivity index (χ0) is 7.68. The highest BCUT2D eigenvalue weighted by Crippen LogP contribution is 2.08. The van der Waals surface area contributed by atoms with Crippen molar-refractivity contribution in [2.45, 2.75) is 0 Å². The molecule has 0 amide bonds.